The van der Waals surface area contributed by atoms with Crippen LogP contribution >= 0.6 is 11.3 Å². The van der Waals surface area contributed by atoms with Gasteiger partial charge in [0.1, 0.15) is 23.7 Å². The molecule has 1 N–H and O–H groups in total. The second-order valence-electron chi connectivity index (χ2n) is 7.08. The van der Waals surface area contributed by atoms with Crippen molar-refractivity contribution >= 4 is 27.5 Å². The Kier molecular flexibility index (Phi) is 5.43. The van der Waals surface area contributed by atoms with Gasteiger partial charge in [0.2, 0.25) is 5.91 Å². The summed E-state index contributed by atoms with van der Waals surface area (Å²) >= 11 is 1.62. The van der Waals surface area contributed by atoms with Crippen LogP contribution in [0.15, 0.2) is 35.4 Å². The first-order valence-electron chi connectivity index (χ1n) is 9.57. The number of nitrogens with zero attached hydrogens (tertiary/aromatic N) is 2. The number of amides is 1. The number of aromatic nitrogens is 2. The van der Waals surface area contributed by atoms with Gasteiger partial charge in [-0.05, 0) is 55.9 Å². The van der Waals surface area contributed by atoms with Crippen molar-refractivity contribution in [1.82, 2.24) is 14.9 Å². The van der Waals surface area contributed by atoms with Crippen LogP contribution in [0.1, 0.15) is 28.8 Å². The van der Waals surface area contributed by atoms with Crippen molar-refractivity contribution < 1.29 is 9.53 Å². The number of hydrogen-bond acceptors (Lipinski definition) is 5. The van der Waals surface area contributed by atoms with Crippen LogP contribution in [-0.4, -0.2) is 28.6 Å². The Balaban J connectivity index is 1.37. The van der Waals surface area contributed by atoms with Crippen LogP contribution in [0.3, 0.4) is 0 Å². The van der Waals surface area contributed by atoms with Gasteiger partial charge in [0.05, 0.1) is 18.3 Å². The minimum absolute atomic E-state index is 0.0309. The van der Waals surface area contributed by atoms with Crippen LogP contribution < -0.4 is 15.6 Å². The van der Waals surface area contributed by atoms with Gasteiger partial charge in [-0.2, -0.15) is 0 Å². The molecule has 2 aromatic heterocycles. The summed E-state index contributed by atoms with van der Waals surface area (Å²) in [5.74, 6) is 0.558. The van der Waals surface area contributed by atoms with Gasteiger partial charge >= 0.3 is 0 Å². The Morgan fingerprint density at radius 3 is 3.04 bits per heavy atom. The van der Waals surface area contributed by atoms with E-state index in [9.17, 15) is 9.59 Å². The zero-order chi connectivity index (χ0) is 19.5. The van der Waals surface area contributed by atoms with E-state index in [-0.39, 0.29) is 18.0 Å². The molecule has 28 heavy (non-hydrogen) atoms. The number of benzene rings is 1. The molecule has 0 saturated heterocycles. The zero-order valence-electron chi connectivity index (χ0n) is 15.9. The van der Waals surface area contributed by atoms with Crippen molar-refractivity contribution in [1.29, 1.82) is 0 Å². The molecule has 6 nitrogen and oxygen atoms in total. The Morgan fingerprint density at radius 2 is 2.18 bits per heavy atom. The lowest BCUT2D eigenvalue weighted by Gasteiger charge is -2.11. The number of rotatable bonds is 6. The molecule has 1 aromatic carbocycles. The minimum Gasteiger partial charge on any atom is -0.492 e. The second kappa shape index (κ2) is 8.14. The molecular formula is C21H23N3O3S. The first kappa shape index (κ1) is 18.7. The smallest absolute Gasteiger partial charge is 0.262 e. The third-order valence-electron chi connectivity index (χ3n) is 4.94. The highest BCUT2D eigenvalue weighted by Crippen LogP contribution is 2.33. The molecule has 0 spiro atoms. The monoisotopic (exact) mass is 397 g/mol. The molecule has 3 aromatic rings. The predicted octanol–water partition coefficient (Wildman–Crippen LogP) is 2.84. The van der Waals surface area contributed by atoms with Gasteiger partial charge in [-0.25, -0.2) is 4.98 Å². The van der Waals surface area contributed by atoms with Crippen LogP contribution in [0.4, 0.5) is 0 Å². The number of nitrogens with one attached hydrogen (secondary N) is 1. The van der Waals surface area contributed by atoms with Crippen LogP contribution in [0, 0.1) is 6.92 Å². The number of fused-ring (bicyclic) bond motifs is 3. The number of carbonyl (C=O) groups excluding carboxylic acids is 1. The van der Waals surface area contributed by atoms with Crippen LogP contribution in [0.2, 0.25) is 0 Å². The number of carbonyl (C=O) groups is 1. The quantitative estimate of drug-likeness (QED) is 0.649. The van der Waals surface area contributed by atoms with Crippen LogP contribution in [0.25, 0.3) is 10.2 Å². The van der Waals surface area contributed by atoms with Gasteiger partial charge in [-0.15, -0.1) is 11.3 Å². The fraction of sp³-hybridized carbons (Fsp3) is 0.381. The lowest BCUT2D eigenvalue weighted by atomic mass is 9.97. The first-order chi connectivity index (χ1) is 13.6. The van der Waals surface area contributed by atoms with Gasteiger partial charge in [-0.1, -0.05) is 12.1 Å². The fourth-order valence-corrected chi connectivity index (χ4v) is 4.79. The SMILES string of the molecule is Cc1cccc(OCCNC(=O)Cn2cnc3sc4c(c3c2=O)CCCC4)c1. The molecule has 2 heterocycles. The molecular weight excluding hydrogens is 374 g/mol. The summed E-state index contributed by atoms with van der Waals surface area (Å²) in [6.45, 7) is 2.73. The first-order valence-corrected chi connectivity index (χ1v) is 10.4. The highest BCUT2D eigenvalue weighted by Gasteiger charge is 2.20. The number of ether oxygens (including phenoxy) is 1. The number of thiophene rings is 1. The van der Waals surface area contributed by atoms with Crippen molar-refractivity contribution in [2.75, 3.05) is 13.2 Å². The Hall–Kier alpha value is -2.67. The molecule has 7 heteroatoms. The zero-order valence-corrected chi connectivity index (χ0v) is 16.7. The largest absolute Gasteiger partial charge is 0.492 e. The van der Waals surface area contributed by atoms with E-state index in [1.54, 1.807) is 11.3 Å². The van der Waals surface area contributed by atoms with Crippen molar-refractivity contribution in [3.8, 4) is 5.75 Å². The van der Waals surface area contributed by atoms with Gasteiger partial charge in [0.25, 0.3) is 5.56 Å². The maximum Gasteiger partial charge on any atom is 0.262 e. The number of hydrogen-bond donors (Lipinski definition) is 1. The van der Waals surface area contributed by atoms with E-state index in [4.69, 9.17) is 4.74 Å². The summed E-state index contributed by atoms with van der Waals surface area (Å²) in [5.41, 5.74) is 2.15. The van der Waals surface area contributed by atoms with Gasteiger partial charge in [0.15, 0.2) is 0 Å². The highest BCUT2D eigenvalue weighted by molar-refractivity contribution is 7.18. The Labute approximate surface area is 167 Å². The molecule has 1 aliphatic rings. The van der Waals surface area contributed by atoms with E-state index in [0.29, 0.717) is 18.5 Å². The minimum atomic E-state index is -0.222. The van der Waals surface area contributed by atoms with E-state index in [2.05, 4.69) is 10.3 Å². The van der Waals surface area contributed by atoms with Crippen LogP contribution in [0.5, 0.6) is 5.75 Å². The van der Waals surface area contributed by atoms with E-state index in [0.717, 1.165) is 41.0 Å². The van der Waals surface area contributed by atoms with Crippen LogP contribution in [-0.2, 0) is 24.2 Å². The van der Waals surface area contributed by atoms with E-state index >= 15 is 0 Å². The van der Waals surface area contributed by atoms with E-state index in [1.165, 1.54) is 22.2 Å². The lowest BCUT2D eigenvalue weighted by Crippen LogP contribution is -2.34. The highest BCUT2D eigenvalue weighted by atomic mass is 32.1. The van der Waals surface area contributed by atoms with Crippen molar-refractivity contribution in [3.05, 3.63) is 57.0 Å². The molecule has 0 fully saturated rings. The Morgan fingerprint density at radius 1 is 1.32 bits per heavy atom. The maximum atomic E-state index is 12.9. The topological polar surface area (TPSA) is 73.2 Å². The van der Waals surface area contributed by atoms with Crippen molar-refractivity contribution in [3.63, 3.8) is 0 Å². The maximum absolute atomic E-state index is 12.9. The van der Waals surface area contributed by atoms with E-state index in [1.807, 2.05) is 31.2 Å². The van der Waals surface area contributed by atoms with Crippen molar-refractivity contribution in [2.45, 2.75) is 39.2 Å². The van der Waals surface area contributed by atoms with Gasteiger partial charge in [-0.3, -0.25) is 14.2 Å². The normalized spacial score (nSPS) is 13.3. The molecule has 1 aliphatic carbocycles. The molecule has 0 saturated carbocycles. The van der Waals surface area contributed by atoms with E-state index < -0.39 is 0 Å². The van der Waals surface area contributed by atoms with Gasteiger partial charge < -0.3 is 10.1 Å². The third kappa shape index (κ3) is 3.94. The predicted molar refractivity (Wildman–Crippen MR) is 110 cm³/mol. The third-order valence-corrected chi connectivity index (χ3v) is 6.14. The molecule has 146 valence electrons. The molecule has 4 rings (SSSR count). The molecule has 0 aliphatic heterocycles. The Bertz CT molecular complexity index is 1070. The number of aryl methyl sites for hydroxylation is 3. The average Bonchev–Trinajstić information content (AvgIpc) is 3.07. The standard InChI is InChI=1S/C21H23N3O3S/c1-14-5-4-6-15(11-14)27-10-9-22-18(25)12-24-13-23-20-19(21(24)26)16-7-2-3-8-17(16)28-20/h4-6,11,13H,2-3,7-10,12H2,1H3,(H,22,25). The molecule has 1 amide bonds. The molecule has 0 radical (unpaired) electrons. The summed E-state index contributed by atoms with van der Waals surface area (Å²) in [7, 11) is 0. The molecule has 0 bridgehead atoms. The average molecular weight is 398 g/mol. The molecule has 0 unspecified atom stereocenters. The van der Waals surface area contributed by atoms with Crippen molar-refractivity contribution in [2.24, 2.45) is 0 Å². The van der Waals surface area contributed by atoms with Gasteiger partial charge in [0, 0.05) is 4.88 Å². The fourth-order valence-electron chi connectivity index (χ4n) is 3.57. The summed E-state index contributed by atoms with van der Waals surface area (Å²) in [5, 5.41) is 3.50. The summed E-state index contributed by atoms with van der Waals surface area (Å²) in [4.78, 5) is 31.6. The summed E-state index contributed by atoms with van der Waals surface area (Å²) in [6, 6.07) is 7.77. The summed E-state index contributed by atoms with van der Waals surface area (Å²) in [6.07, 6.45) is 5.71. The molecule has 0 atom stereocenters. The lowest BCUT2D eigenvalue weighted by molar-refractivity contribution is -0.121. The second-order valence-corrected chi connectivity index (χ2v) is 8.17. The summed E-state index contributed by atoms with van der Waals surface area (Å²) < 4.78 is 7.03.